The lowest BCUT2D eigenvalue weighted by atomic mass is 10.1. The van der Waals surface area contributed by atoms with Crippen molar-refractivity contribution >= 4 is 0 Å². The van der Waals surface area contributed by atoms with Crippen molar-refractivity contribution in [3.63, 3.8) is 0 Å². The quantitative estimate of drug-likeness (QED) is 0.715. The molecule has 0 radical (unpaired) electrons. The van der Waals surface area contributed by atoms with Crippen molar-refractivity contribution in [1.82, 2.24) is 10.2 Å². The molecule has 0 heterocycles. The van der Waals surface area contributed by atoms with Gasteiger partial charge in [0, 0.05) is 38.3 Å². The zero-order chi connectivity index (χ0) is 15.7. The van der Waals surface area contributed by atoms with E-state index in [9.17, 15) is 0 Å². The van der Waals surface area contributed by atoms with Gasteiger partial charge in [0.05, 0.1) is 20.8 Å². The Morgan fingerprint density at radius 2 is 1.90 bits per heavy atom. The SMILES string of the molecule is COCCN(C)CCNC(C)c1cc(OC)ccc1OC. The Bertz CT molecular complexity index is 413. The molecule has 1 aromatic rings. The van der Waals surface area contributed by atoms with Gasteiger partial charge in [0.15, 0.2) is 0 Å². The average Bonchev–Trinajstić information content (AvgIpc) is 2.52. The van der Waals surface area contributed by atoms with Crippen LogP contribution in [0.4, 0.5) is 0 Å². The molecule has 1 N–H and O–H groups in total. The van der Waals surface area contributed by atoms with E-state index in [-0.39, 0.29) is 6.04 Å². The van der Waals surface area contributed by atoms with E-state index in [1.165, 1.54) is 0 Å². The fourth-order valence-corrected chi connectivity index (χ4v) is 2.12. The summed E-state index contributed by atoms with van der Waals surface area (Å²) in [6, 6.07) is 6.07. The molecular weight excluding hydrogens is 268 g/mol. The minimum atomic E-state index is 0.200. The van der Waals surface area contributed by atoms with Crippen LogP contribution in [0.1, 0.15) is 18.5 Å². The van der Waals surface area contributed by atoms with Crippen LogP contribution < -0.4 is 14.8 Å². The van der Waals surface area contributed by atoms with Gasteiger partial charge in [-0.15, -0.1) is 0 Å². The van der Waals surface area contributed by atoms with Crippen LogP contribution in [-0.4, -0.2) is 59.5 Å². The molecule has 0 aliphatic heterocycles. The number of hydrogen-bond donors (Lipinski definition) is 1. The summed E-state index contributed by atoms with van der Waals surface area (Å²) in [6.07, 6.45) is 0. The first-order valence-corrected chi connectivity index (χ1v) is 7.25. The summed E-state index contributed by atoms with van der Waals surface area (Å²) in [6.45, 7) is 5.71. The standard InChI is InChI=1S/C16H28N2O3/c1-13(17-8-9-18(2)10-11-19-3)15-12-14(20-4)6-7-16(15)21-5/h6-7,12-13,17H,8-11H2,1-5H3. The van der Waals surface area contributed by atoms with Crippen LogP contribution in [0, 0.1) is 0 Å². The van der Waals surface area contributed by atoms with Crippen LogP contribution in [0.3, 0.4) is 0 Å². The normalized spacial score (nSPS) is 12.5. The lowest BCUT2D eigenvalue weighted by Crippen LogP contribution is -2.32. The average molecular weight is 296 g/mol. The van der Waals surface area contributed by atoms with Crippen molar-refractivity contribution in [1.29, 1.82) is 0 Å². The lowest BCUT2D eigenvalue weighted by molar-refractivity contribution is 0.161. The smallest absolute Gasteiger partial charge is 0.123 e. The fraction of sp³-hybridized carbons (Fsp3) is 0.625. The van der Waals surface area contributed by atoms with E-state index in [4.69, 9.17) is 14.2 Å². The first kappa shape index (κ1) is 17.8. The highest BCUT2D eigenvalue weighted by molar-refractivity contribution is 5.42. The monoisotopic (exact) mass is 296 g/mol. The number of hydrogen-bond acceptors (Lipinski definition) is 5. The molecule has 21 heavy (non-hydrogen) atoms. The maximum Gasteiger partial charge on any atom is 0.123 e. The summed E-state index contributed by atoms with van der Waals surface area (Å²) >= 11 is 0. The van der Waals surface area contributed by atoms with Crippen molar-refractivity contribution in [2.24, 2.45) is 0 Å². The molecule has 0 spiro atoms. The minimum absolute atomic E-state index is 0.200. The molecule has 1 aromatic carbocycles. The second-order valence-corrected chi connectivity index (χ2v) is 5.08. The molecule has 5 heteroatoms. The van der Waals surface area contributed by atoms with Gasteiger partial charge in [-0.1, -0.05) is 0 Å². The topological polar surface area (TPSA) is 43.0 Å². The van der Waals surface area contributed by atoms with E-state index in [1.807, 2.05) is 18.2 Å². The fourth-order valence-electron chi connectivity index (χ4n) is 2.12. The first-order chi connectivity index (χ1) is 10.1. The Morgan fingerprint density at radius 3 is 2.52 bits per heavy atom. The number of ether oxygens (including phenoxy) is 3. The highest BCUT2D eigenvalue weighted by Gasteiger charge is 2.12. The Morgan fingerprint density at radius 1 is 1.14 bits per heavy atom. The molecule has 0 bridgehead atoms. The molecule has 0 aliphatic rings. The van der Waals surface area contributed by atoms with Gasteiger partial charge in [-0.25, -0.2) is 0 Å². The number of likely N-dealkylation sites (N-methyl/N-ethyl adjacent to an activating group) is 1. The summed E-state index contributed by atoms with van der Waals surface area (Å²) < 4.78 is 15.8. The molecule has 0 saturated heterocycles. The second-order valence-electron chi connectivity index (χ2n) is 5.08. The molecule has 0 fully saturated rings. The summed E-state index contributed by atoms with van der Waals surface area (Å²) in [4.78, 5) is 2.24. The highest BCUT2D eigenvalue weighted by atomic mass is 16.5. The van der Waals surface area contributed by atoms with Crippen LogP contribution in [-0.2, 0) is 4.74 Å². The molecule has 5 nitrogen and oxygen atoms in total. The zero-order valence-corrected chi connectivity index (χ0v) is 13.8. The minimum Gasteiger partial charge on any atom is -0.497 e. The third-order valence-electron chi connectivity index (χ3n) is 3.52. The van der Waals surface area contributed by atoms with Gasteiger partial charge in [0.25, 0.3) is 0 Å². The molecule has 0 aliphatic carbocycles. The van der Waals surface area contributed by atoms with E-state index in [0.29, 0.717) is 0 Å². The first-order valence-electron chi connectivity index (χ1n) is 7.25. The van der Waals surface area contributed by atoms with Gasteiger partial charge >= 0.3 is 0 Å². The Labute approximate surface area is 128 Å². The third kappa shape index (κ3) is 5.91. The number of nitrogens with one attached hydrogen (secondary N) is 1. The largest absolute Gasteiger partial charge is 0.497 e. The summed E-state index contributed by atoms with van der Waals surface area (Å²) in [5.74, 6) is 1.72. The van der Waals surface area contributed by atoms with Crippen molar-refractivity contribution < 1.29 is 14.2 Å². The lowest BCUT2D eigenvalue weighted by Gasteiger charge is -2.21. The number of nitrogens with zero attached hydrogens (tertiary/aromatic N) is 1. The number of methoxy groups -OCH3 is 3. The molecule has 120 valence electrons. The Hall–Kier alpha value is -1.30. The molecule has 1 atom stereocenters. The van der Waals surface area contributed by atoms with E-state index in [2.05, 4.69) is 24.2 Å². The van der Waals surface area contributed by atoms with Crippen LogP contribution in [0.25, 0.3) is 0 Å². The van der Waals surface area contributed by atoms with Crippen molar-refractivity contribution in [3.8, 4) is 11.5 Å². The second kappa shape index (κ2) is 9.60. The van der Waals surface area contributed by atoms with Gasteiger partial charge in [-0.05, 0) is 32.2 Å². The zero-order valence-electron chi connectivity index (χ0n) is 13.8. The van der Waals surface area contributed by atoms with Crippen LogP contribution >= 0.6 is 0 Å². The third-order valence-corrected chi connectivity index (χ3v) is 3.52. The van der Waals surface area contributed by atoms with Crippen molar-refractivity contribution in [2.45, 2.75) is 13.0 Å². The summed E-state index contributed by atoms with van der Waals surface area (Å²) in [5.41, 5.74) is 1.11. The molecule has 1 rings (SSSR count). The maximum atomic E-state index is 5.42. The summed E-state index contributed by atoms with van der Waals surface area (Å²) in [7, 11) is 7.19. The van der Waals surface area contributed by atoms with E-state index < -0.39 is 0 Å². The maximum absolute atomic E-state index is 5.42. The molecular formula is C16H28N2O3. The van der Waals surface area contributed by atoms with Crippen LogP contribution in [0.5, 0.6) is 11.5 Å². The summed E-state index contributed by atoms with van der Waals surface area (Å²) in [5, 5.41) is 3.51. The van der Waals surface area contributed by atoms with Gasteiger partial charge in [-0.3, -0.25) is 0 Å². The van der Waals surface area contributed by atoms with E-state index in [0.717, 1.165) is 43.3 Å². The Kier molecular flexibility index (Phi) is 8.12. The predicted octanol–water partition coefficient (Wildman–Crippen LogP) is 1.93. The van der Waals surface area contributed by atoms with Crippen LogP contribution in [0.15, 0.2) is 18.2 Å². The Balaban J connectivity index is 2.52. The van der Waals surface area contributed by atoms with Gasteiger partial charge in [0.1, 0.15) is 11.5 Å². The predicted molar refractivity (Wildman–Crippen MR) is 85.3 cm³/mol. The van der Waals surface area contributed by atoms with Crippen molar-refractivity contribution in [3.05, 3.63) is 23.8 Å². The number of rotatable bonds is 10. The van der Waals surface area contributed by atoms with Gasteiger partial charge in [0.2, 0.25) is 0 Å². The number of benzene rings is 1. The highest BCUT2D eigenvalue weighted by Crippen LogP contribution is 2.28. The van der Waals surface area contributed by atoms with Crippen LogP contribution in [0.2, 0.25) is 0 Å². The van der Waals surface area contributed by atoms with E-state index >= 15 is 0 Å². The molecule has 0 amide bonds. The van der Waals surface area contributed by atoms with E-state index in [1.54, 1.807) is 21.3 Å². The molecule has 0 aromatic heterocycles. The molecule has 0 saturated carbocycles. The molecule has 1 unspecified atom stereocenters. The van der Waals surface area contributed by atoms with Gasteiger partial charge in [-0.2, -0.15) is 0 Å². The van der Waals surface area contributed by atoms with Gasteiger partial charge < -0.3 is 24.4 Å². The van der Waals surface area contributed by atoms with Crippen molar-refractivity contribution in [2.75, 3.05) is 54.6 Å².